The van der Waals surface area contributed by atoms with E-state index >= 15 is 0 Å². The van der Waals surface area contributed by atoms with Crippen molar-refractivity contribution < 1.29 is 0 Å². The Morgan fingerprint density at radius 1 is 1.29 bits per heavy atom. The topological polar surface area (TPSA) is 35.0 Å². The van der Waals surface area contributed by atoms with Crippen molar-refractivity contribution in [2.75, 3.05) is 0 Å². The van der Waals surface area contributed by atoms with Crippen LogP contribution in [-0.4, -0.2) is 0 Å². The second kappa shape index (κ2) is 5.70. The van der Waals surface area contributed by atoms with E-state index in [1.54, 1.807) is 0 Å². The molecule has 0 bridgehead atoms. The quantitative estimate of drug-likeness (QED) is 0.533. The summed E-state index contributed by atoms with van der Waals surface area (Å²) in [4.78, 5) is 0. The second-order valence-corrected chi connectivity index (χ2v) is 1.46. The molecule has 7 heavy (non-hydrogen) atoms. The van der Waals surface area contributed by atoms with E-state index < -0.39 is 0 Å². The summed E-state index contributed by atoms with van der Waals surface area (Å²) in [6.45, 7) is 8.05. The van der Waals surface area contributed by atoms with E-state index in [-0.39, 0.29) is 6.15 Å². The highest BCUT2D eigenvalue weighted by molar-refractivity contribution is 4.89. The molecule has 0 atom stereocenters. The number of hydrogen-bond acceptors (Lipinski definition) is 1. The van der Waals surface area contributed by atoms with Crippen LogP contribution in [0.3, 0.4) is 0 Å². The lowest BCUT2D eigenvalue weighted by Crippen LogP contribution is -1.68. The molecule has 0 aliphatic heterocycles. The lowest BCUT2D eigenvalue weighted by Gasteiger charge is -1.89. The molecule has 0 saturated carbocycles. The van der Waals surface area contributed by atoms with Gasteiger partial charge in [0.2, 0.25) is 0 Å². The molecule has 0 radical (unpaired) electrons. The van der Waals surface area contributed by atoms with Crippen molar-refractivity contribution in [3.05, 3.63) is 12.2 Å². The molecule has 0 rings (SSSR count). The molecule has 0 aliphatic rings. The predicted octanol–water partition coefficient (Wildman–Crippen LogP) is 2.52. The summed E-state index contributed by atoms with van der Waals surface area (Å²) in [5, 5.41) is 0. The first-order valence-corrected chi connectivity index (χ1v) is 2.47. The zero-order valence-corrected chi connectivity index (χ0v) is 5.33. The Morgan fingerprint density at radius 2 is 1.57 bits per heavy atom. The van der Waals surface area contributed by atoms with E-state index in [1.807, 2.05) is 0 Å². The minimum absolute atomic E-state index is 0. The van der Waals surface area contributed by atoms with E-state index in [2.05, 4.69) is 20.4 Å². The van der Waals surface area contributed by atoms with E-state index in [0.29, 0.717) is 0 Å². The second-order valence-electron chi connectivity index (χ2n) is 1.46. The Balaban J connectivity index is 0. The average molecular weight is 101 g/mol. The third kappa shape index (κ3) is 5.70. The van der Waals surface area contributed by atoms with Crippen LogP contribution in [-0.2, 0) is 0 Å². The van der Waals surface area contributed by atoms with Crippen LogP contribution < -0.4 is 6.15 Å². The van der Waals surface area contributed by atoms with Crippen molar-refractivity contribution in [1.29, 1.82) is 0 Å². The van der Waals surface area contributed by atoms with Gasteiger partial charge < -0.3 is 6.15 Å². The SMILES string of the molecule is C=C(CC)CC.N. The van der Waals surface area contributed by atoms with Gasteiger partial charge in [0.05, 0.1) is 0 Å². The zero-order chi connectivity index (χ0) is 4.99. The van der Waals surface area contributed by atoms with Crippen molar-refractivity contribution in [3.8, 4) is 0 Å². The van der Waals surface area contributed by atoms with Gasteiger partial charge in [-0.2, -0.15) is 0 Å². The first-order valence-electron chi connectivity index (χ1n) is 2.47. The Bertz CT molecular complexity index is 42.1. The molecule has 0 fully saturated rings. The molecular weight excluding hydrogens is 86.1 g/mol. The summed E-state index contributed by atoms with van der Waals surface area (Å²) in [7, 11) is 0. The van der Waals surface area contributed by atoms with Gasteiger partial charge in [0.15, 0.2) is 0 Å². The molecule has 0 saturated heterocycles. The molecule has 0 aliphatic carbocycles. The maximum atomic E-state index is 3.79. The van der Waals surface area contributed by atoms with Gasteiger partial charge in [-0.15, -0.1) is 0 Å². The molecule has 1 heteroatoms. The van der Waals surface area contributed by atoms with E-state index in [0.717, 1.165) is 12.8 Å². The fourth-order valence-electron chi connectivity index (χ4n) is 0.250. The Hall–Kier alpha value is -0.300. The van der Waals surface area contributed by atoms with Crippen LogP contribution in [0.1, 0.15) is 26.7 Å². The average Bonchev–Trinajstić information content (AvgIpc) is 1.65. The summed E-state index contributed by atoms with van der Waals surface area (Å²) >= 11 is 0. The van der Waals surface area contributed by atoms with Crippen LogP contribution in [0.15, 0.2) is 12.2 Å². The molecule has 0 heterocycles. The van der Waals surface area contributed by atoms with Gasteiger partial charge in [0.1, 0.15) is 0 Å². The molecule has 0 aromatic heterocycles. The first-order chi connectivity index (χ1) is 2.81. The Kier molecular flexibility index (Phi) is 8.02. The van der Waals surface area contributed by atoms with Crippen LogP contribution in [0.5, 0.6) is 0 Å². The maximum Gasteiger partial charge on any atom is -0.0352 e. The lowest BCUT2D eigenvalue weighted by molar-refractivity contribution is 0.986. The first kappa shape index (κ1) is 9.85. The summed E-state index contributed by atoms with van der Waals surface area (Å²) < 4.78 is 0. The van der Waals surface area contributed by atoms with Crippen molar-refractivity contribution >= 4 is 0 Å². The Labute approximate surface area is 46.0 Å². The lowest BCUT2D eigenvalue weighted by atomic mass is 10.2. The van der Waals surface area contributed by atoms with E-state index in [1.165, 1.54) is 5.57 Å². The van der Waals surface area contributed by atoms with Gasteiger partial charge in [0.25, 0.3) is 0 Å². The van der Waals surface area contributed by atoms with Gasteiger partial charge in [-0.3, -0.25) is 0 Å². The van der Waals surface area contributed by atoms with Crippen LogP contribution in [0, 0.1) is 0 Å². The van der Waals surface area contributed by atoms with Crippen LogP contribution in [0.4, 0.5) is 0 Å². The number of allylic oxidation sites excluding steroid dienone is 1. The van der Waals surface area contributed by atoms with Gasteiger partial charge >= 0.3 is 0 Å². The highest BCUT2D eigenvalue weighted by atomic mass is 14.0. The molecule has 0 unspecified atom stereocenters. The minimum Gasteiger partial charge on any atom is -0.344 e. The van der Waals surface area contributed by atoms with E-state index in [9.17, 15) is 0 Å². The van der Waals surface area contributed by atoms with Crippen LogP contribution >= 0.6 is 0 Å². The molecule has 0 aromatic carbocycles. The number of rotatable bonds is 2. The molecule has 0 spiro atoms. The predicted molar refractivity (Wildman–Crippen MR) is 34.7 cm³/mol. The molecule has 0 amide bonds. The van der Waals surface area contributed by atoms with Gasteiger partial charge in [-0.25, -0.2) is 0 Å². The maximum absolute atomic E-state index is 3.79. The zero-order valence-electron chi connectivity index (χ0n) is 5.33. The van der Waals surface area contributed by atoms with Crippen LogP contribution in [0.25, 0.3) is 0 Å². The van der Waals surface area contributed by atoms with Crippen molar-refractivity contribution in [1.82, 2.24) is 6.15 Å². The molecule has 44 valence electrons. The fraction of sp³-hybridized carbons (Fsp3) is 0.667. The van der Waals surface area contributed by atoms with Crippen LogP contribution in [0.2, 0.25) is 0 Å². The normalized spacial score (nSPS) is 7.14. The number of hydrogen-bond donors (Lipinski definition) is 1. The van der Waals surface area contributed by atoms with Gasteiger partial charge in [-0.05, 0) is 12.8 Å². The highest BCUT2D eigenvalue weighted by Gasteiger charge is 1.78. The summed E-state index contributed by atoms with van der Waals surface area (Å²) in [5.41, 5.74) is 1.34. The molecule has 0 aromatic rings. The summed E-state index contributed by atoms with van der Waals surface area (Å²) in [6, 6.07) is 0. The van der Waals surface area contributed by atoms with Crippen molar-refractivity contribution in [2.24, 2.45) is 0 Å². The standard InChI is InChI=1S/C6H12.H3N/c1-4-6(3)5-2;/h3-5H2,1-2H3;1H3. The largest absolute Gasteiger partial charge is 0.344 e. The smallest absolute Gasteiger partial charge is 0.0352 e. The minimum atomic E-state index is 0. The third-order valence-corrected chi connectivity index (χ3v) is 1.000. The molecular formula is C6H15N. The summed E-state index contributed by atoms with van der Waals surface area (Å²) in [5.74, 6) is 0. The molecule has 1 nitrogen and oxygen atoms in total. The monoisotopic (exact) mass is 101 g/mol. The van der Waals surface area contributed by atoms with E-state index in [4.69, 9.17) is 0 Å². The summed E-state index contributed by atoms with van der Waals surface area (Å²) in [6.07, 6.45) is 2.27. The highest BCUT2D eigenvalue weighted by Crippen LogP contribution is 1.98. The Morgan fingerprint density at radius 3 is 1.57 bits per heavy atom. The van der Waals surface area contributed by atoms with Crippen molar-refractivity contribution in [3.63, 3.8) is 0 Å². The fourth-order valence-corrected chi connectivity index (χ4v) is 0.250. The van der Waals surface area contributed by atoms with Crippen molar-refractivity contribution in [2.45, 2.75) is 26.7 Å². The molecule has 3 N–H and O–H groups in total. The third-order valence-electron chi connectivity index (χ3n) is 1.000. The van der Waals surface area contributed by atoms with Gasteiger partial charge in [0, 0.05) is 0 Å². The van der Waals surface area contributed by atoms with Gasteiger partial charge in [-0.1, -0.05) is 26.0 Å².